The Balaban J connectivity index is 1.86. The Bertz CT molecular complexity index is 1110. The molecule has 1 N–H and O–H groups in total. The zero-order valence-electron chi connectivity index (χ0n) is 17.6. The van der Waals surface area contributed by atoms with Gasteiger partial charge in [-0.25, -0.2) is 10.2 Å². The number of aromatic nitrogens is 1. The van der Waals surface area contributed by atoms with Crippen LogP contribution in [0.3, 0.4) is 0 Å². The van der Waals surface area contributed by atoms with Crippen molar-refractivity contribution in [2.24, 2.45) is 5.10 Å². The van der Waals surface area contributed by atoms with Crippen molar-refractivity contribution in [2.45, 2.75) is 27.7 Å². The SMILES string of the molecule is CCOC(=O)c1ccccc1-n1c(C)cc(/C=N\NC(=O)c2cccc(C)c2)c1C. The molecule has 30 heavy (non-hydrogen) atoms. The molecule has 3 aromatic rings. The lowest BCUT2D eigenvalue weighted by Crippen LogP contribution is -2.17. The highest BCUT2D eigenvalue weighted by atomic mass is 16.5. The predicted octanol–water partition coefficient (Wildman–Crippen LogP) is 4.34. The summed E-state index contributed by atoms with van der Waals surface area (Å²) in [7, 11) is 0. The average molecular weight is 403 g/mol. The number of carbonyl (C=O) groups is 2. The molecule has 0 aliphatic carbocycles. The largest absolute Gasteiger partial charge is 0.462 e. The Morgan fingerprint density at radius 1 is 1.07 bits per heavy atom. The van der Waals surface area contributed by atoms with Crippen molar-refractivity contribution >= 4 is 18.1 Å². The van der Waals surface area contributed by atoms with Gasteiger partial charge in [0.25, 0.3) is 5.91 Å². The molecule has 6 heteroatoms. The van der Waals surface area contributed by atoms with E-state index in [1.165, 1.54) is 0 Å². The molecule has 6 nitrogen and oxygen atoms in total. The Hall–Kier alpha value is -3.67. The van der Waals surface area contributed by atoms with Crippen LogP contribution >= 0.6 is 0 Å². The fourth-order valence-corrected chi connectivity index (χ4v) is 3.35. The molecule has 1 amide bonds. The van der Waals surface area contributed by atoms with E-state index in [1.807, 2.05) is 67.8 Å². The van der Waals surface area contributed by atoms with Crippen LogP contribution in [-0.2, 0) is 4.74 Å². The molecular formula is C24H25N3O3. The fourth-order valence-electron chi connectivity index (χ4n) is 3.35. The van der Waals surface area contributed by atoms with Crippen molar-refractivity contribution in [2.75, 3.05) is 6.61 Å². The van der Waals surface area contributed by atoms with Crippen LogP contribution in [0.1, 0.15) is 50.2 Å². The highest BCUT2D eigenvalue weighted by Crippen LogP contribution is 2.23. The highest BCUT2D eigenvalue weighted by Gasteiger charge is 2.17. The lowest BCUT2D eigenvalue weighted by molar-refractivity contribution is 0.0526. The minimum absolute atomic E-state index is 0.267. The third-order valence-electron chi connectivity index (χ3n) is 4.76. The van der Waals surface area contributed by atoms with Crippen molar-refractivity contribution in [1.82, 2.24) is 9.99 Å². The summed E-state index contributed by atoms with van der Waals surface area (Å²) in [4.78, 5) is 24.6. The molecule has 0 aliphatic heterocycles. The Labute approximate surface area is 176 Å². The standard InChI is InChI=1S/C24H25N3O3/c1-5-30-24(29)21-11-6-7-12-22(21)27-17(3)14-20(18(27)4)15-25-26-23(28)19-10-8-9-16(2)13-19/h6-15H,5H2,1-4H3,(H,26,28)/b25-15-. The van der Waals surface area contributed by atoms with Gasteiger partial charge in [-0.15, -0.1) is 0 Å². The van der Waals surface area contributed by atoms with E-state index in [0.717, 1.165) is 28.2 Å². The summed E-state index contributed by atoms with van der Waals surface area (Å²) in [6, 6.07) is 16.6. The number of para-hydroxylation sites is 1. The predicted molar refractivity (Wildman–Crippen MR) is 117 cm³/mol. The van der Waals surface area contributed by atoms with Gasteiger partial charge in [0.15, 0.2) is 0 Å². The molecule has 3 rings (SSSR count). The minimum atomic E-state index is -0.360. The third-order valence-corrected chi connectivity index (χ3v) is 4.76. The van der Waals surface area contributed by atoms with Gasteiger partial charge in [-0.1, -0.05) is 29.8 Å². The molecule has 2 aromatic carbocycles. The molecule has 0 bridgehead atoms. The molecule has 0 radical (unpaired) electrons. The monoisotopic (exact) mass is 403 g/mol. The molecule has 0 atom stereocenters. The van der Waals surface area contributed by atoms with Gasteiger partial charge in [-0.2, -0.15) is 5.10 Å². The lowest BCUT2D eigenvalue weighted by atomic mass is 10.1. The first-order chi connectivity index (χ1) is 14.4. The maximum atomic E-state index is 12.4. The molecule has 1 heterocycles. The zero-order chi connectivity index (χ0) is 21.7. The van der Waals surface area contributed by atoms with Gasteiger partial charge in [0.2, 0.25) is 0 Å². The summed E-state index contributed by atoms with van der Waals surface area (Å²) in [5.74, 6) is -0.627. The highest BCUT2D eigenvalue weighted by molar-refractivity contribution is 5.95. The topological polar surface area (TPSA) is 72.7 Å². The van der Waals surface area contributed by atoms with E-state index in [-0.39, 0.29) is 11.9 Å². The van der Waals surface area contributed by atoms with Gasteiger partial charge in [0.05, 0.1) is 24.1 Å². The van der Waals surface area contributed by atoms with Crippen molar-refractivity contribution in [3.8, 4) is 5.69 Å². The minimum Gasteiger partial charge on any atom is -0.462 e. The van der Waals surface area contributed by atoms with E-state index < -0.39 is 0 Å². The van der Waals surface area contributed by atoms with E-state index >= 15 is 0 Å². The Kier molecular flexibility index (Phi) is 6.47. The molecule has 0 fully saturated rings. The van der Waals surface area contributed by atoms with Gasteiger partial charge in [0.1, 0.15) is 0 Å². The van der Waals surface area contributed by atoms with Gasteiger partial charge in [-0.3, -0.25) is 4.79 Å². The van der Waals surface area contributed by atoms with Crippen LogP contribution in [0.15, 0.2) is 59.7 Å². The molecule has 0 aliphatic rings. The summed E-state index contributed by atoms with van der Waals surface area (Å²) in [6.07, 6.45) is 1.61. The smallest absolute Gasteiger partial charge is 0.340 e. The van der Waals surface area contributed by atoms with Crippen LogP contribution in [0, 0.1) is 20.8 Å². The van der Waals surface area contributed by atoms with Crippen LogP contribution in [0.25, 0.3) is 5.69 Å². The number of hydrogen-bond donors (Lipinski definition) is 1. The Morgan fingerprint density at radius 3 is 2.57 bits per heavy atom. The fraction of sp³-hybridized carbons (Fsp3) is 0.208. The number of ether oxygens (including phenoxy) is 1. The molecular weight excluding hydrogens is 378 g/mol. The first-order valence-corrected chi connectivity index (χ1v) is 9.78. The number of amides is 1. The summed E-state index contributed by atoms with van der Waals surface area (Å²) >= 11 is 0. The van der Waals surface area contributed by atoms with Gasteiger partial charge < -0.3 is 9.30 Å². The van der Waals surface area contributed by atoms with E-state index in [4.69, 9.17) is 4.74 Å². The van der Waals surface area contributed by atoms with E-state index in [2.05, 4.69) is 10.5 Å². The van der Waals surface area contributed by atoms with Crippen molar-refractivity contribution in [3.05, 3.63) is 88.2 Å². The quantitative estimate of drug-likeness (QED) is 0.378. The van der Waals surface area contributed by atoms with E-state index in [9.17, 15) is 9.59 Å². The number of hydrogen-bond acceptors (Lipinski definition) is 4. The van der Waals surface area contributed by atoms with Crippen LogP contribution in [0.4, 0.5) is 0 Å². The number of nitrogens with zero attached hydrogens (tertiary/aromatic N) is 2. The number of rotatable bonds is 6. The summed E-state index contributed by atoms with van der Waals surface area (Å²) in [5.41, 5.74) is 8.06. The number of nitrogens with one attached hydrogen (secondary N) is 1. The van der Waals surface area contributed by atoms with Crippen molar-refractivity contribution in [3.63, 3.8) is 0 Å². The van der Waals surface area contributed by atoms with E-state index in [1.54, 1.807) is 25.3 Å². The first kappa shape index (κ1) is 21.0. The number of carbonyl (C=O) groups excluding carboxylic acids is 2. The van der Waals surface area contributed by atoms with Crippen LogP contribution < -0.4 is 5.43 Å². The summed E-state index contributed by atoms with van der Waals surface area (Å²) in [5, 5.41) is 4.11. The summed E-state index contributed by atoms with van der Waals surface area (Å²) in [6.45, 7) is 7.93. The van der Waals surface area contributed by atoms with Crippen LogP contribution in [0.2, 0.25) is 0 Å². The second-order valence-corrected chi connectivity index (χ2v) is 6.97. The third kappa shape index (κ3) is 4.49. The lowest BCUT2D eigenvalue weighted by Gasteiger charge is -2.14. The normalized spacial score (nSPS) is 10.9. The second-order valence-electron chi connectivity index (χ2n) is 6.97. The molecule has 0 unspecified atom stereocenters. The van der Waals surface area contributed by atoms with Gasteiger partial charge in [0, 0.05) is 22.5 Å². The van der Waals surface area contributed by atoms with Crippen molar-refractivity contribution < 1.29 is 14.3 Å². The number of hydrazone groups is 1. The van der Waals surface area contributed by atoms with Crippen LogP contribution in [0.5, 0.6) is 0 Å². The molecule has 154 valence electrons. The van der Waals surface area contributed by atoms with Crippen LogP contribution in [-0.4, -0.2) is 29.3 Å². The number of aryl methyl sites for hydroxylation is 2. The number of benzene rings is 2. The maximum Gasteiger partial charge on any atom is 0.340 e. The molecule has 1 aromatic heterocycles. The Morgan fingerprint density at radius 2 is 1.83 bits per heavy atom. The zero-order valence-corrected chi connectivity index (χ0v) is 17.6. The number of esters is 1. The first-order valence-electron chi connectivity index (χ1n) is 9.78. The molecule has 0 saturated carbocycles. The molecule has 0 spiro atoms. The summed E-state index contributed by atoms with van der Waals surface area (Å²) < 4.78 is 7.17. The van der Waals surface area contributed by atoms with Gasteiger partial charge in [-0.05, 0) is 58.0 Å². The average Bonchev–Trinajstić information content (AvgIpc) is 3.01. The molecule has 0 saturated heterocycles. The van der Waals surface area contributed by atoms with E-state index in [0.29, 0.717) is 17.7 Å². The maximum absolute atomic E-state index is 12.4. The second kappa shape index (κ2) is 9.22. The van der Waals surface area contributed by atoms with Crippen molar-refractivity contribution in [1.29, 1.82) is 0 Å². The van der Waals surface area contributed by atoms with Gasteiger partial charge >= 0.3 is 5.97 Å².